The summed E-state index contributed by atoms with van der Waals surface area (Å²) in [5, 5.41) is 3.47. The minimum atomic E-state index is -0.130. The molecule has 0 saturated carbocycles. The van der Waals surface area contributed by atoms with Gasteiger partial charge in [-0.15, -0.1) is 0 Å². The fraction of sp³-hybridized carbons (Fsp3) is 0.273. The molecule has 5 nitrogen and oxygen atoms in total. The SMILES string of the molecule is Cc1ccc(N2C(=O)/C(=C\c3ccc(N4CCOCC4)cc3)NC2=S)c(C)c1. The van der Waals surface area contributed by atoms with E-state index in [1.807, 2.05) is 44.2 Å². The van der Waals surface area contributed by atoms with Gasteiger partial charge in [0.2, 0.25) is 0 Å². The highest BCUT2D eigenvalue weighted by atomic mass is 32.1. The number of hydrogen-bond acceptors (Lipinski definition) is 4. The molecule has 2 aromatic rings. The van der Waals surface area contributed by atoms with E-state index in [-0.39, 0.29) is 5.91 Å². The Hall–Kier alpha value is -2.70. The van der Waals surface area contributed by atoms with Crippen LogP contribution >= 0.6 is 12.2 Å². The monoisotopic (exact) mass is 393 g/mol. The number of nitrogens with zero attached hydrogens (tertiary/aromatic N) is 2. The zero-order valence-electron chi connectivity index (χ0n) is 16.1. The van der Waals surface area contributed by atoms with Crippen molar-refractivity contribution in [2.75, 3.05) is 36.1 Å². The van der Waals surface area contributed by atoms with Crippen molar-refractivity contribution in [3.05, 3.63) is 64.9 Å². The van der Waals surface area contributed by atoms with Crippen LogP contribution in [0.5, 0.6) is 0 Å². The summed E-state index contributed by atoms with van der Waals surface area (Å²) in [4.78, 5) is 16.8. The Balaban J connectivity index is 1.55. The van der Waals surface area contributed by atoms with Gasteiger partial charge in [0.05, 0.1) is 18.9 Å². The largest absolute Gasteiger partial charge is 0.378 e. The average Bonchev–Trinajstić information content (AvgIpc) is 2.97. The van der Waals surface area contributed by atoms with Gasteiger partial charge in [-0.1, -0.05) is 29.8 Å². The molecule has 0 aromatic heterocycles. The molecule has 144 valence electrons. The summed E-state index contributed by atoms with van der Waals surface area (Å²) in [5.41, 5.74) is 5.61. The van der Waals surface area contributed by atoms with Crippen molar-refractivity contribution in [3.8, 4) is 0 Å². The maximum absolute atomic E-state index is 13.0. The van der Waals surface area contributed by atoms with E-state index >= 15 is 0 Å². The molecule has 28 heavy (non-hydrogen) atoms. The summed E-state index contributed by atoms with van der Waals surface area (Å²) in [6.45, 7) is 7.35. The minimum Gasteiger partial charge on any atom is -0.378 e. The van der Waals surface area contributed by atoms with Crippen LogP contribution in [0.25, 0.3) is 6.08 Å². The Bertz CT molecular complexity index is 947. The maximum Gasteiger partial charge on any atom is 0.281 e. The first-order valence-electron chi connectivity index (χ1n) is 9.40. The summed E-state index contributed by atoms with van der Waals surface area (Å²) in [7, 11) is 0. The van der Waals surface area contributed by atoms with Gasteiger partial charge in [-0.3, -0.25) is 9.69 Å². The van der Waals surface area contributed by atoms with E-state index in [0.717, 1.165) is 48.7 Å². The smallest absolute Gasteiger partial charge is 0.281 e. The lowest BCUT2D eigenvalue weighted by Gasteiger charge is -2.28. The molecule has 1 N–H and O–H groups in total. The highest BCUT2D eigenvalue weighted by Crippen LogP contribution is 2.27. The minimum absolute atomic E-state index is 0.130. The third kappa shape index (κ3) is 3.66. The second kappa shape index (κ2) is 7.73. The molecule has 2 heterocycles. The van der Waals surface area contributed by atoms with E-state index in [9.17, 15) is 4.79 Å². The molecule has 0 aliphatic carbocycles. The second-order valence-corrected chi connectivity index (χ2v) is 7.50. The van der Waals surface area contributed by atoms with E-state index in [1.54, 1.807) is 4.90 Å². The van der Waals surface area contributed by atoms with Crippen molar-refractivity contribution in [3.63, 3.8) is 0 Å². The summed E-state index contributed by atoms with van der Waals surface area (Å²) in [6, 6.07) is 14.2. The highest BCUT2D eigenvalue weighted by molar-refractivity contribution is 7.80. The Morgan fingerprint density at radius 2 is 1.79 bits per heavy atom. The number of carbonyl (C=O) groups is 1. The normalized spacial score (nSPS) is 18.7. The van der Waals surface area contributed by atoms with Gasteiger partial charge in [-0.2, -0.15) is 0 Å². The molecule has 2 fully saturated rings. The lowest BCUT2D eigenvalue weighted by atomic mass is 10.1. The van der Waals surface area contributed by atoms with Crippen molar-refractivity contribution in [1.82, 2.24) is 5.32 Å². The summed E-state index contributed by atoms with van der Waals surface area (Å²) >= 11 is 5.43. The van der Waals surface area contributed by atoms with Crippen LogP contribution in [-0.2, 0) is 9.53 Å². The van der Waals surface area contributed by atoms with Gasteiger partial charge in [0, 0.05) is 18.8 Å². The van der Waals surface area contributed by atoms with Crippen LogP contribution in [-0.4, -0.2) is 37.3 Å². The average molecular weight is 394 g/mol. The molecule has 1 amide bonds. The molecule has 0 bridgehead atoms. The van der Waals surface area contributed by atoms with Gasteiger partial charge in [-0.05, 0) is 61.5 Å². The van der Waals surface area contributed by atoms with Gasteiger partial charge < -0.3 is 15.0 Å². The first-order valence-corrected chi connectivity index (χ1v) is 9.81. The van der Waals surface area contributed by atoms with Crippen molar-refractivity contribution in [2.45, 2.75) is 13.8 Å². The van der Waals surface area contributed by atoms with Gasteiger partial charge in [0.15, 0.2) is 5.11 Å². The van der Waals surface area contributed by atoms with Crippen molar-refractivity contribution < 1.29 is 9.53 Å². The van der Waals surface area contributed by atoms with Crippen LogP contribution in [0.3, 0.4) is 0 Å². The summed E-state index contributed by atoms with van der Waals surface area (Å²) in [6.07, 6.45) is 1.85. The standard InChI is InChI=1S/C22H23N3O2S/c1-15-3-8-20(16(2)13-15)25-21(26)19(23-22(25)28)14-17-4-6-18(7-5-17)24-9-11-27-12-10-24/h3-8,13-14H,9-12H2,1-2H3,(H,23,28)/b19-14+. The molecular weight excluding hydrogens is 370 g/mol. The number of thiocarbonyl (C=S) groups is 1. The highest BCUT2D eigenvalue weighted by Gasteiger charge is 2.32. The number of anilines is 2. The molecule has 2 saturated heterocycles. The zero-order chi connectivity index (χ0) is 19.7. The van der Waals surface area contributed by atoms with E-state index in [2.05, 4.69) is 28.4 Å². The number of amides is 1. The van der Waals surface area contributed by atoms with Crippen LogP contribution in [0.1, 0.15) is 16.7 Å². The van der Waals surface area contributed by atoms with Crippen LogP contribution in [0, 0.1) is 13.8 Å². The summed E-state index contributed by atoms with van der Waals surface area (Å²) < 4.78 is 5.40. The number of ether oxygens (including phenoxy) is 1. The van der Waals surface area contributed by atoms with Gasteiger partial charge >= 0.3 is 0 Å². The van der Waals surface area contributed by atoms with Gasteiger partial charge in [0.1, 0.15) is 5.70 Å². The fourth-order valence-electron chi connectivity index (χ4n) is 3.58. The zero-order valence-corrected chi connectivity index (χ0v) is 16.9. The number of nitrogens with one attached hydrogen (secondary N) is 1. The Morgan fingerprint density at radius 1 is 1.07 bits per heavy atom. The Labute approximate surface area is 170 Å². The van der Waals surface area contributed by atoms with Gasteiger partial charge in [0.25, 0.3) is 5.91 Å². The number of hydrogen-bond donors (Lipinski definition) is 1. The molecule has 0 radical (unpaired) electrons. The van der Waals surface area contributed by atoms with E-state index in [4.69, 9.17) is 17.0 Å². The van der Waals surface area contributed by atoms with E-state index in [0.29, 0.717) is 10.8 Å². The molecule has 2 aromatic carbocycles. The molecule has 2 aliphatic rings. The molecule has 4 rings (SSSR count). The van der Waals surface area contributed by atoms with Crippen molar-refractivity contribution in [2.24, 2.45) is 0 Å². The molecular formula is C22H23N3O2S. The number of morpholine rings is 1. The number of aryl methyl sites for hydroxylation is 2. The number of benzene rings is 2. The quantitative estimate of drug-likeness (QED) is 0.640. The van der Waals surface area contributed by atoms with Crippen LogP contribution in [0.15, 0.2) is 48.2 Å². The number of rotatable bonds is 3. The second-order valence-electron chi connectivity index (χ2n) is 7.11. The third-order valence-corrected chi connectivity index (χ3v) is 5.34. The molecule has 0 atom stereocenters. The first-order chi connectivity index (χ1) is 13.5. The van der Waals surface area contributed by atoms with Crippen LogP contribution in [0.2, 0.25) is 0 Å². The molecule has 0 unspecified atom stereocenters. The van der Waals surface area contributed by atoms with E-state index < -0.39 is 0 Å². The van der Waals surface area contributed by atoms with Crippen molar-refractivity contribution >= 4 is 40.7 Å². The molecule has 0 spiro atoms. The molecule has 6 heteroatoms. The van der Waals surface area contributed by atoms with Gasteiger partial charge in [-0.25, -0.2) is 0 Å². The predicted octanol–water partition coefficient (Wildman–Crippen LogP) is 3.40. The van der Waals surface area contributed by atoms with E-state index in [1.165, 1.54) is 5.69 Å². The lowest BCUT2D eigenvalue weighted by Crippen LogP contribution is -2.36. The predicted molar refractivity (Wildman–Crippen MR) is 117 cm³/mol. The fourth-order valence-corrected chi connectivity index (χ4v) is 3.87. The Morgan fingerprint density at radius 3 is 2.46 bits per heavy atom. The number of carbonyl (C=O) groups excluding carboxylic acids is 1. The van der Waals surface area contributed by atoms with Crippen molar-refractivity contribution in [1.29, 1.82) is 0 Å². The first kappa shape index (κ1) is 18.7. The summed E-state index contributed by atoms with van der Waals surface area (Å²) in [5.74, 6) is -0.130. The Kier molecular flexibility index (Phi) is 5.15. The maximum atomic E-state index is 13.0. The lowest BCUT2D eigenvalue weighted by molar-refractivity contribution is -0.113. The van der Waals surface area contributed by atoms with Crippen LogP contribution in [0.4, 0.5) is 11.4 Å². The molecule has 2 aliphatic heterocycles. The van der Waals surface area contributed by atoms with Crippen LogP contribution < -0.4 is 15.1 Å². The topological polar surface area (TPSA) is 44.8 Å². The third-order valence-electron chi connectivity index (χ3n) is 5.05.